The maximum Gasteiger partial charge on any atom is 0.196 e. The topological polar surface area (TPSA) is 39.4 Å². The molecule has 0 saturated carbocycles. The molecule has 0 spiro atoms. The standard InChI is InChI=1S/C20H17Cl2N3OS/c1-13-11-19-23-24-20(25(19)17-8-7-14(21)12-15(13)17)27-10-4-9-26-18-6-3-2-5-16(18)22/h2-3,5-8,11-12H,4,9-10H2,1H3. The molecule has 4 rings (SSSR count). The zero-order valence-corrected chi connectivity index (χ0v) is 17.0. The Morgan fingerprint density at radius 3 is 2.78 bits per heavy atom. The summed E-state index contributed by atoms with van der Waals surface area (Å²) in [6.45, 7) is 2.66. The zero-order chi connectivity index (χ0) is 18.8. The Morgan fingerprint density at radius 1 is 1.07 bits per heavy atom. The van der Waals surface area contributed by atoms with Crippen molar-refractivity contribution >= 4 is 51.5 Å². The third kappa shape index (κ3) is 3.86. The van der Waals surface area contributed by atoms with Gasteiger partial charge in [0, 0.05) is 16.2 Å². The molecule has 0 saturated heterocycles. The first-order valence-electron chi connectivity index (χ1n) is 8.57. The first kappa shape index (κ1) is 18.4. The summed E-state index contributed by atoms with van der Waals surface area (Å²) in [5.41, 5.74) is 3.04. The highest BCUT2D eigenvalue weighted by Gasteiger charge is 2.12. The highest BCUT2D eigenvalue weighted by molar-refractivity contribution is 7.99. The molecule has 2 aromatic heterocycles. The van der Waals surface area contributed by atoms with Crippen molar-refractivity contribution in [2.24, 2.45) is 0 Å². The summed E-state index contributed by atoms with van der Waals surface area (Å²) in [5, 5.41) is 12.0. The molecule has 0 aliphatic rings. The number of halogens is 2. The van der Waals surface area contributed by atoms with Gasteiger partial charge < -0.3 is 4.74 Å². The fourth-order valence-electron chi connectivity index (χ4n) is 2.95. The van der Waals surface area contributed by atoms with Crippen LogP contribution in [0.4, 0.5) is 0 Å². The quantitative estimate of drug-likeness (QED) is 0.282. The highest BCUT2D eigenvalue weighted by atomic mass is 35.5. The number of nitrogens with zero attached hydrogens (tertiary/aromatic N) is 3. The van der Waals surface area contributed by atoms with Crippen molar-refractivity contribution in [3.8, 4) is 5.75 Å². The van der Waals surface area contributed by atoms with E-state index in [1.165, 1.54) is 0 Å². The summed E-state index contributed by atoms with van der Waals surface area (Å²) in [5.74, 6) is 1.59. The summed E-state index contributed by atoms with van der Waals surface area (Å²) in [6, 6.07) is 15.4. The van der Waals surface area contributed by atoms with E-state index >= 15 is 0 Å². The predicted octanol–water partition coefficient (Wildman–Crippen LogP) is 6.06. The van der Waals surface area contributed by atoms with E-state index < -0.39 is 0 Å². The average molecular weight is 418 g/mol. The lowest BCUT2D eigenvalue weighted by Gasteiger charge is -2.09. The van der Waals surface area contributed by atoms with Gasteiger partial charge in [-0.1, -0.05) is 47.1 Å². The van der Waals surface area contributed by atoms with Crippen molar-refractivity contribution in [3.05, 3.63) is 64.1 Å². The second kappa shape index (κ2) is 7.97. The van der Waals surface area contributed by atoms with Crippen molar-refractivity contribution < 1.29 is 4.74 Å². The Hall–Kier alpha value is -1.95. The van der Waals surface area contributed by atoms with Gasteiger partial charge in [-0.3, -0.25) is 4.40 Å². The fourth-order valence-corrected chi connectivity index (χ4v) is 4.18. The summed E-state index contributed by atoms with van der Waals surface area (Å²) in [6.07, 6.45) is 0.875. The molecule has 4 nitrogen and oxygen atoms in total. The number of ether oxygens (including phenoxy) is 1. The molecule has 2 aromatic carbocycles. The van der Waals surface area contributed by atoms with Crippen LogP contribution in [0.15, 0.2) is 53.7 Å². The number of hydrogen-bond donors (Lipinski definition) is 0. The number of fused-ring (bicyclic) bond motifs is 3. The lowest BCUT2D eigenvalue weighted by molar-refractivity contribution is 0.319. The summed E-state index contributed by atoms with van der Waals surface area (Å²) < 4.78 is 7.82. The maximum atomic E-state index is 6.17. The molecule has 4 aromatic rings. The van der Waals surface area contributed by atoms with E-state index in [2.05, 4.69) is 21.5 Å². The van der Waals surface area contributed by atoms with Crippen LogP contribution in [0.1, 0.15) is 12.0 Å². The van der Waals surface area contributed by atoms with E-state index in [4.69, 9.17) is 27.9 Å². The van der Waals surface area contributed by atoms with Crippen LogP contribution in [0.25, 0.3) is 16.6 Å². The molecule has 0 fully saturated rings. The van der Waals surface area contributed by atoms with Crippen molar-refractivity contribution in [1.29, 1.82) is 0 Å². The Balaban J connectivity index is 1.47. The van der Waals surface area contributed by atoms with Crippen molar-refractivity contribution in [3.63, 3.8) is 0 Å². The van der Waals surface area contributed by atoms with E-state index in [9.17, 15) is 0 Å². The van der Waals surface area contributed by atoms with E-state index in [1.54, 1.807) is 11.8 Å². The van der Waals surface area contributed by atoms with Gasteiger partial charge in [0.1, 0.15) is 5.75 Å². The van der Waals surface area contributed by atoms with Gasteiger partial charge in [-0.05, 0) is 55.3 Å². The van der Waals surface area contributed by atoms with Crippen LogP contribution in [-0.4, -0.2) is 27.0 Å². The second-order valence-corrected chi connectivity index (χ2v) is 8.05. The van der Waals surface area contributed by atoms with E-state index in [1.807, 2.05) is 48.5 Å². The van der Waals surface area contributed by atoms with Crippen molar-refractivity contribution in [1.82, 2.24) is 14.6 Å². The average Bonchev–Trinajstić information content (AvgIpc) is 3.06. The Morgan fingerprint density at radius 2 is 1.93 bits per heavy atom. The summed E-state index contributed by atoms with van der Waals surface area (Å²) in [4.78, 5) is 0. The lowest BCUT2D eigenvalue weighted by Crippen LogP contribution is -2.00. The normalized spacial score (nSPS) is 11.4. The van der Waals surface area contributed by atoms with Crippen molar-refractivity contribution in [2.75, 3.05) is 12.4 Å². The van der Waals surface area contributed by atoms with Gasteiger partial charge >= 0.3 is 0 Å². The summed E-state index contributed by atoms with van der Waals surface area (Å²) in [7, 11) is 0. The van der Waals surface area contributed by atoms with Crippen LogP contribution in [0.2, 0.25) is 10.0 Å². The van der Waals surface area contributed by atoms with Gasteiger partial charge in [-0.25, -0.2) is 0 Å². The minimum Gasteiger partial charge on any atom is -0.492 e. The molecule has 7 heteroatoms. The molecule has 0 radical (unpaired) electrons. The third-order valence-corrected chi connectivity index (χ3v) is 5.80. The first-order valence-corrected chi connectivity index (χ1v) is 10.3. The van der Waals surface area contributed by atoms with Crippen LogP contribution in [-0.2, 0) is 0 Å². The lowest BCUT2D eigenvalue weighted by atomic mass is 10.1. The predicted molar refractivity (Wildman–Crippen MR) is 113 cm³/mol. The van der Waals surface area contributed by atoms with Crippen LogP contribution >= 0.6 is 35.0 Å². The number of pyridine rings is 1. The zero-order valence-electron chi connectivity index (χ0n) is 14.7. The van der Waals surface area contributed by atoms with Crippen LogP contribution < -0.4 is 4.74 Å². The number of thioether (sulfide) groups is 1. The van der Waals surface area contributed by atoms with Crippen LogP contribution in [0.3, 0.4) is 0 Å². The second-order valence-electron chi connectivity index (χ2n) is 6.15. The SMILES string of the molecule is Cc1cc2nnc(SCCCOc3ccccc3Cl)n2c2ccc(Cl)cc12. The molecular weight excluding hydrogens is 401 g/mol. The van der Waals surface area contributed by atoms with Gasteiger partial charge in [0.25, 0.3) is 0 Å². The van der Waals surface area contributed by atoms with Gasteiger partial charge in [-0.15, -0.1) is 10.2 Å². The molecule has 0 aliphatic carbocycles. The molecule has 0 amide bonds. The molecule has 0 aliphatic heterocycles. The number of aryl methyl sites for hydroxylation is 1. The number of rotatable bonds is 6. The monoisotopic (exact) mass is 417 g/mol. The van der Waals surface area contributed by atoms with E-state index in [0.29, 0.717) is 11.6 Å². The van der Waals surface area contributed by atoms with E-state index in [0.717, 1.165) is 50.2 Å². The largest absolute Gasteiger partial charge is 0.492 e. The minimum absolute atomic E-state index is 0.600. The highest BCUT2D eigenvalue weighted by Crippen LogP contribution is 2.28. The van der Waals surface area contributed by atoms with Crippen LogP contribution in [0, 0.1) is 6.92 Å². The molecule has 0 bridgehead atoms. The molecule has 0 atom stereocenters. The number of para-hydroxylation sites is 1. The van der Waals surface area contributed by atoms with Crippen LogP contribution in [0.5, 0.6) is 5.75 Å². The first-order chi connectivity index (χ1) is 13.1. The molecule has 0 N–H and O–H groups in total. The number of hydrogen-bond acceptors (Lipinski definition) is 4. The van der Waals surface area contributed by atoms with Gasteiger partial charge in [0.05, 0.1) is 17.1 Å². The number of aromatic nitrogens is 3. The van der Waals surface area contributed by atoms with Gasteiger partial charge in [-0.2, -0.15) is 0 Å². The molecule has 2 heterocycles. The Bertz CT molecular complexity index is 1110. The molecule has 27 heavy (non-hydrogen) atoms. The number of benzene rings is 2. The van der Waals surface area contributed by atoms with Gasteiger partial charge in [0.2, 0.25) is 0 Å². The molecule has 0 unspecified atom stereocenters. The minimum atomic E-state index is 0.600. The Labute approximate surface area is 171 Å². The smallest absolute Gasteiger partial charge is 0.196 e. The molecule has 138 valence electrons. The van der Waals surface area contributed by atoms with E-state index in [-0.39, 0.29) is 0 Å². The Kier molecular flexibility index (Phi) is 5.43. The van der Waals surface area contributed by atoms with Crippen molar-refractivity contribution in [2.45, 2.75) is 18.5 Å². The molecular formula is C20H17Cl2N3OS. The van der Waals surface area contributed by atoms with Gasteiger partial charge in [0.15, 0.2) is 10.8 Å². The summed E-state index contributed by atoms with van der Waals surface area (Å²) >= 11 is 13.9. The third-order valence-electron chi connectivity index (χ3n) is 4.24. The fraction of sp³-hybridized carbons (Fsp3) is 0.200. The maximum absolute atomic E-state index is 6.17.